The number of piperidine rings is 1. The first-order valence-electron chi connectivity index (χ1n) is 16.5. The summed E-state index contributed by atoms with van der Waals surface area (Å²) in [5, 5.41) is 5.96. The number of nitrogens with one attached hydrogen (secondary N) is 2. The number of pyridine rings is 1. The molecular formula is C35H45N5O6. The molecule has 3 aliphatic heterocycles. The van der Waals surface area contributed by atoms with Crippen LogP contribution in [0.5, 0.6) is 0 Å². The quantitative estimate of drug-likeness (QED) is 0.482. The number of ether oxygens (including phenoxy) is 2. The molecule has 4 heterocycles. The summed E-state index contributed by atoms with van der Waals surface area (Å²) in [7, 11) is 0. The lowest BCUT2D eigenvalue weighted by atomic mass is 9.76. The summed E-state index contributed by atoms with van der Waals surface area (Å²) in [5.41, 5.74) is 1.65. The Labute approximate surface area is 270 Å². The lowest BCUT2D eigenvalue weighted by molar-refractivity contribution is -0.153. The first kappa shape index (κ1) is 32.0. The van der Waals surface area contributed by atoms with Crippen LogP contribution in [0.25, 0.3) is 0 Å². The molecule has 1 aromatic carbocycles. The molecular weight excluding hydrogens is 586 g/mol. The lowest BCUT2D eigenvalue weighted by Crippen LogP contribution is -2.58. The second-order valence-corrected chi connectivity index (χ2v) is 14.2. The van der Waals surface area contributed by atoms with Gasteiger partial charge in [-0.25, -0.2) is 9.78 Å². The first-order valence-corrected chi connectivity index (χ1v) is 16.5. The van der Waals surface area contributed by atoms with Crippen LogP contribution >= 0.6 is 0 Å². The molecule has 4 aliphatic rings. The Balaban J connectivity index is 1.20. The lowest BCUT2D eigenvalue weighted by Gasteiger charge is -2.44. The Kier molecular flexibility index (Phi) is 8.56. The van der Waals surface area contributed by atoms with Gasteiger partial charge in [0.25, 0.3) is 0 Å². The van der Waals surface area contributed by atoms with Gasteiger partial charge in [0, 0.05) is 43.8 Å². The fourth-order valence-electron chi connectivity index (χ4n) is 7.55. The van der Waals surface area contributed by atoms with Gasteiger partial charge in [0.15, 0.2) is 0 Å². The molecule has 4 amide bonds. The summed E-state index contributed by atoms with van der Waals surface area (Å²) in [6.07, 6.45) is 5.60. The van der Waals surface area contributed by atoms with Gasteiger partial charge in [0.2, 0.25) is 17.7 Å². The SMILES string of the molecule is CCC1(C(=O)N(CC(=O)Nc2ccc3c(c2)C[C@@]2(C3)C(=O)Nc3ncccc32)[C@H]2CCCN(C(=O)OC(C)(C)C)C2)CCOCC1. The van der Waals surface area contributed by atoms with Gasteiger partial charge >= 0.3 is 6.09 Å². The fraction of sp³-hybridized carbons (Fsp3) is 0.571. The Morgan fingerprint density at radius 1 is 1.15 bits per heavy atom. The highest BCUT2D eigenvalue weighted by Gasteiger charge is 2.51. The molecule has 1 spiro atoms. The van der Waals surface area contributed by atoms with Crippen LogP contribution in [0.1, 0.15) is 76.5 Å². The number of anilines is 2. The minimum atomic E-state index is -0.697. The molecule has 0 bridgehead atoms. The first-order chi connectivity index (χ1) is 21.9. The highest BCUT2D eigenvalue weighted by atomic mass is 16.6. The van der Waals surface area contributed by atoms with Crippen molar-refractivity contribution in [1.29, 1.82) is 0 Å². The van der Waals surface area contributed by atoms with Crippen molar-refractivity contribution in [1.82, 2.24) is 14.8 Å². The Bertz CT molecular complexity index is 1530. The van der Waals surface area contributed by atoms with E-state index in [0.29, 0.717) is 82.8 Å². The number of amides is 4. The van der Waals surface area contributed by atoms with E-state index in [-0.39, 0.29) is 30.3 Å². The van der Waals surface area contributed by atoms with Gasteiger partial charge in [0.05, 0.1) is 16.9 Å². The number of fused-ring (bicyclic) bond motifs is 3. The zero-order valence-corrected chi connectivity index (χ0v) is 27.3. The number of carbonyl (C=O) groups is 4. The third kappa shape index (κ3) is 6.09. The van der Waals surface area contributed by atoms with E-state index in [4.69, 9.17) is 9.47 Å². The molecule has 11 nitrogen and oxygen atoms in total. The summed E-state index contributed by atoms with van der Waals surface area (Å²) < 4.78 is 11.2. The number of rotatable bonds is 6. The Morgan fingerprint density at radius 2 is 1.91 bits per heavy atom. The van der Waals surface area contributed by atoms with Crippen molar-refractivity contribution >= 4 is 35.3 Å². The molecule has 46 heavy (non-hydrogen) atoms. The zero-order chi connectivity index (χ0) is 32.7. The number of hydrogen-bond acceptors (Lipinski definition) is 7. The number of hydrogen-bond donors (Lipinski definition) is 2. The standard InChI is InChI=1S/C35H45N5O6/c1-5-34(12-16-45-17-13-34)31(43)40(26-8-7-15-39(21-26)32(44)46-33(2,3)4)22-28(41)37-25-11-10-23-19-35(20-24(23)18-25)27-9-6-14-36-29(27)38-30(35)42/h6,9-11,14,18,26H,5,7-8,12-13,15-17,19-22H2,1-4H3,(H,37,41)(H,36,38,42)/t26-,35+/m0/s1. The average Bonchev–Trinajstić information content (AvgIpc) is 3.55. The molecule has 2 fully saturated rings. The molecule has 11 heteroatoms. The number of carbonyl (C=O) groups excluding carboxylic acids is 4. The van der Waals surface area contributed by atoms with E-state index >= 15 is 0 Å². The van der Waals surface area contributed by atoms with Crippen molar-refractivity contribution < 1.29 is 28.7 Å². The Morgan fingerprint density at radius 3 is 2.65 bits per heavy atom. The number of aromatic nitrogens is 1. The summed E-state index contributed by atoms with van der Waals surface area (Å²) in [6, 6.07) is 9.25. The summed E-state index contributed by atoms with van der Waals surface area (Å²) in [4.78, 5) is 61.9. The number of nitrogens with zero attached hydrogens (tertiary/aromatic N) is 3. The summed E-state index contributed by atoms with van der Waals surface area (Å²) >= 11 is 0. The maximum absolute atomic E-state index is 14.4. The van der Waals surface area contributed by atoms with E-state index in [1.807, 2.05) is 58.0 Å². The van der Waals surface area contributed by atoms with Gasteiger partial charge in [-0.3, -0.25) is 14.4 Å². The molecule has 6 rings (SSSR count). The second-order valence-electron chi connectivity index (χ2n) is 14.2. The average molecular weight is 632 g/mol. The molecule has 0 radical (unpaired) electrons. The molecule has 1 aromatic heterocycles. The van der Waals surface area contributed by atoms with Crippen LogP contribution in [0.15, 0.2) is 36.5 Å². The molecule has 0 saturated carbocycles. The third-order valence-corrected chi connectivity index (χ3v) is 10.1. The molecule has 2 N–H and O–H groups in total. The van der Waals surface area contributed by atoms with Crippen molar-refractivity contribution in [3.05, 3.63) is 53.2 Å². The predicted octanol–water partition coefficient (Wildman–Crippen LogP) is 4.44. The van der Waals surface area contributed by atoms with Gasteiger partial charge in [-0.1, -0.05) is 19.1 Å². The predicted molar refractivity (Wildman–Crippen MR) is 172 cm³/mol. The van der Waals surface area contributed by atoms with Crippen molar-refractivity contribution in [3.8, 4) is 0 Å². The van der Waals surface area contributed by atoms with Crippen LogP contribution in [-0.2, 0) is 42.1 Å². The van der Waals surface area contributed by atoms with Crippen LogP contribution in [0.3, 0.4) is 0 Å². The van der Waals surface area contributed by atoms with Crippen LogP contribution in [-0.4, -0.2) is 83.1 Å². The highest BCUT2D eigenvalue weighted by Crippen LogP contribution is 2.47. The van der Waals surface area contributed by atoms with Crippen molar-refractivity contribution in [2.75, 3.05) is 43.5 Å². The van der Waals surface area contributed by atoms with Crippen LogP contribution in [0.4, 0.5) is 16.3 Å². The second kappa shape index (κ2) is 12.3. The van der Waals surface area contributed by atoms with Crippen molar-refractivity contribution in [3.63, 3.8) is 0 Å². The smallest absolute Gasteiger partial charge is 0.410 e. The normalized spacial score (nSPS) is 23.3. The molecule has 0 unspecified atom stereocenters. The molecule has 2 aromatic rings. The fourth-order valence-corrected chi connectivity index (χ4v) is 7.55. The monoisotopic (exact) mass is 631 g/mol. The number of benzene rings is 1. The maximum atomic E-state index is 14.4. The third-order valence-electron chi connectivity index (χ3n) is 10.1. The molecule has 246 valence electrons. The summed E-state index contributed by atoms with van der Waals surface area (Å²) in [6.45, 7) is 9.25. The van der Waals surface area contributed by atoms with Gasteiger partial charge in [0.1, 0.15) is 18.0 Å². The Hall–Kier alpha value is -3.99. The largest absolute Gasteiger partial charge is 0.444 e. The van der Waals surface area contributed by atoms with Crippen molar-refractivity contribution in [2.45, 2.75) is 89.7 Å². The van der Waals surface area contributed by atoms with E-state index in [1.165, 1.54) is 0 Å². The zero-order valence-electron chi connectivity index (χ0n) is 27.3. The van der Waals surface area contributed by atoms with E-state index < -0.39 is 22.5 Å². The van der Waals surface area contributed by atoms with Crippen LogP contribution in [0, 0.1) is 5.41 Å². The maximum Gasteiger partial charge on any atom is 0.410 e. The van der Waals surface area contributed by atoms with Crippen LogP contribution in [0.2, 0.25) is 0 Å². The topological polar surface area (TPSA) is 130 Å². The molecule has 1 aliphatic carbocycles. The van der Waals surface area contributed by atoms with E-state index in [2.05, 4.69) is 15.6 Å². The van der Waals surface area contributed by atoms with Gasteiger partial charge in [-0.05, 0) is 95.0 Å². The van der Waals surface area contributed by atoms with Crippen LogP contribution < -0.4 is 10.6 Å². The van der Waals surface area contributed by atoms with Gasteiger partial charge < -0.3 is 29.9 Å². The summed E-state index contributed by atoms with van der Waals surface area (Å²) in [5.74, 6) is 0.200. The minimum absolute atomic E-state index is 0.0528. The van der Waals surface area contributed by atoms with E-state index in [0.717, 1.165) is 16.7 Å². The van der Waals surface area contributed by atoms with Crippen molar-refractivity contribution in [2.24, 2.45) is 5.41 Å². The minimum Gasteiger partial charge on any atom is -0.444 e. The van der Waals surface area contributed by atoms with Gasteiger partial charge in [-0.2, -0.15) is 0 Å². The van der Waals surface area contributed by atoms with E-state index in [9.17, 15) is 19.2 Å². The molecule has 2 atom stereocenters. The van der Waals surface area contributed by atoms with E-state index in [1.54, 1.807) is 16.0 Å². The van der Waals surface area contributed by atoms with Gasteiger partial charge in [-0.15, -0.1) is 0 Å². The number of likely N-dealkylation sites (tertiary alicyclic amines) is 1. The molecule has 2 saturated heterocycles. The highest BCUT2D eigenvalue weighted by molar-refractivity contribution is 6.06.